The average molecular weight is 441 g/mol. The predicted octanol–water partition coefficient (Wildman–Crippen LogP) is 9.15. The number of rotatable bonds is 17. The number of para-hydroxylation sites is 1. The molecule has 2 aromatic carbocycles. The Bertz CT molecular complexity index is 697. The summed E-state index contributed by atoms with van der Waals surface area (Å²) < 4.78 is 13.2. The summed E-state index contributed by atoms with van der Waals surface area (Å²) in [7, 11) is -2.24. The first-order valence-corrected chi connectivity index (χ1v) is 14.9. The van der Waals surface area contributed by atoms with E-state index in [1.165, 1.54) is 63.4 Å². The van der Waals surface area contributed by atoms with Crippen LogP contribution in [0.3, 0.4) is 0 Å². The molecule has 172 valence electrons. The van der Waals surface area contributed by atoms with E-state index in [0.717, 1.165) is 36.4 Å². The van der Waals surface area contributed by atoms with Crippen LogP contribution in [0, 0.1) is 0 Å². The van der Waals surface area contributed by atoms with Crippen LogP contribution in [-0.4, -0.2) is 15.2 Å². The van der Waals surface area contributed by atoms with E-state index >= 15 is 0 Å². The first kappa shape index (κ1) is 25.7. The van der Waals surface area contributed by atoms with Crippen molar-refractivity contribution in [2.75, 3.05) is 6.61 Å². The Hall–Kier alpha value is -1.58. The molecule has 0 aliphatic carbocycles. The number of hydrogen-bond donors (Lipinski definition) is 0. The Balaban J connectivity index is 1.79. The molecule has 0 bridgehead atoms. The molecular weight excluding hydrogens is 396 g/mol. The summed E-state index contributed by atoms with van der Waals surface area (Å²) in [5, 5.41) is 0. The fourth-order valence-corrected chi connectivity index (χ4v) is 6.44. The molecule has 0 heterocycles. The van der Waals surface area contributed by atoms with Gasteiger partial charge in [-0.15, -0.1) is 0 Å². The van der Waals surface area contributed by atoms with Gasteiger partial charge in [-0.2, -0.15) is 0 Å². The maximum Gasteiger partial charge on any atom is 0.398 e. The summed E-state index contributed by atoms with van der Waals surface area (Å²) in [5.74, 6) is 0.965. The van der Waals surface area contributed by atoms with Gasteiger partial charge in [-0.1, -0.05) is 127 Å². The third kappa shape index (κ3) is 9.20. The molecule has 2 rings (SSSR count). The van der Waals surface area contributed by atoms with E-state index in [0.29, 0.717) is 0 Å². The average Bonchev–Trinajstić information content (AvgIpc) is 2.82. The zero-order valence-electron chi connectivity index (χ0n) is 20.2. The van der Waals surface area contributed by atoms with Gasteiger partial charge >= 0.3 is 8.56 Å². The molecule has 3 heteroatoms. The van der Waals surface area contributed by atoms with E-state index in [4.69, 9.17) is 8.85 Å². The number of hydrogen-bond acceptors (Lipinski definition) is 2. The zero-order chi connectivity index (χ0) is 22.2. The molecule has 0 spiro atoms. The van der Waals surface area contributed by atoms with E-state index in [-0.39, 0.29) is 0 Å². The Kier molecular flexibility index (Phi) is 12.6. The van der Waals surface area contributed by atoms with Crippen molar-refractivity contribution in [3.05, 3.63) is 54.6 Å². The second-order valence-corrected chi connectivity index (χ2v) is 12.3. The van der Waals surface area contributed by atoms with Gasteiger partial charge in [0.1, 0.15) is 5.75 Å². The molecule has 0 amide bonds. The third-order valence-electron chi connectivity index (χ3n) is 6.21. The number of unbranched alkanes of at least 4 members (excludes halogenated alkanes) is 9. The normalized spacial score (nSPS) is 11.6. The van der Waals surface area contributed by atoms with E-state index in [2.05, 4.69) is 75.4 Å². The molecular formula is C28H44O2Si. The van der Waals surface area contributed by atoms with Gasteiger partial charge in [0.25, 0.3) is 0 Å². The highest BCUT2D eigenvalue weighted by molar-refractivity contribution is 6.68. The summed E-state index contributed by atoms with van der Waals surface area (Å²) in [6, 6.07) is 20.9. The summed E-state index contributed by atoms with van der Waals surface area (Å²) in [4.78, 5) is 0. The lowest BCUT2D eigenvalue weighted by atomic mass is 10.1. The predicted molar refractivity (Wildman–Crippen MR) is 137 cm³/mol. The highest BCUT2D eigenvalue weighted by Crippen LogP contribution is 2.33. The fourth-order valence-electron chi connectivity index (χ4n) is 4.09. The van der Waals surface area contributed by atoms with Crippen LogP contribution in [0.4, 0.5) is 0 Å². The molecule has 0 N–H and O–H groups in total. The molecule has 2 aromatic rings. The van der Waals surface area contributed by atoms with Crippen LogP contribution < -0.4 is 4.43 Å². The summed E-state index contributed by atoms with van der Waals surface area (Å²) in [6.45, 7) is 7.56. The van der Waals surface area contributed by atoms with Crippen molar-refractivity contribution in [1.29, 1.82) is 0 Å². The Morgan fingerprint density at radius 1 is 0.613 bits per heavy atom. The van der Waals surface area contributed by atoms with Crippen molar-refractivity contribution < 1.29 is 8.85 Å². The quantitative estimate of drug-likeness (QED) is 0.180. The standard InChI is InChI=1S/C28H44O2Si/c1-4-7-8-9-10-11-12-13-14-20-25-29-31(5-2,6-3)30-28-24-19-18-23-27(28)26-21-16-15-17-22-26/h15-19,21-24H,4-14,20,25H2,1-3H3. The minimum atomic E-state index is -2.24. The van der Waals surface area contributed by atoms with Crippen LogP contribution in [0.2, 0.25) is 12.1 Å². The van der Waals surface area contributed by atoms with Gasteiger partial charge in [0.05, 0.1) is 0 Å². The Morgan fingerprint density at radius 2 is 1.16 bits per heavy atom. The summed E-state index contributed by atoms with van der Waals surface area (Å²) in [5.41, 5.74) is 2.35. The summed E-state index contributed by atoms with van der Waals surface area (Å²) >= 11 is 0. The van der Waals surface area contributed by atoms with E-state index in [9.17, 15) is 0 Å². The maximum atomic E-state index is 6.69. The molecule has 0 unspecified atom stereocenters. The van der Waals surface area contributed by atoms with Gasteiger partial charge in [-0.25, -0.2) is 0 Å². The van der Waals surface area contributed by atoms with Crippen molar-refractivity contribution in [1.82, 2.24) is 0 Å². The molecule has 0 saturated heterocycles. The van der Waals surface area contributed by atoms with Crippen molar-refractivity contribution in [2.24, 2.45) is 0 Å². The van der Waals surface area contributed by atoms with Crippen molar-refractivity contribution in [2.45, 2.75) is 97.1 Å². The monoisotopic (exact) mass is 440 g/mol. The van der Waals surface area contributed by atoms with Gasteiger partial charge in [0, 0.05) is 12.2 Å². The van der Waals surface area contributed by atoms with Gasteiger partial charge < -0.3 is 8.85 Å². The molecule has 0 aliphatic rings. The van der Waals surface area contributed by atoms with Gasteiger partial charge in [-0.3, -0.25) is 0 Å². The second-order valence-electron chi connectivity index (χ2n) is 8.61. The van der Waals surface area contributed by atoms with Gasteiger partial charge in [-0.05, 0) is 30.1 Å². The smallest absolute Gasteiger partial charge is 0.398 e. The summed E-state index contributed by atoms with van der Waals surface area (Å²) in [6.07, 6.45) is 13.5. The van der Waals surface area contributed by atoms with Crippen LogP contribution in [0.1, 0.15) is 85.0 Å². The SMILES string of the molecule is CCCCCCCCCCCCO[Si](CC)(CC)Oc1ccccc1-c1ccccc1. The lowest BCUT2D eigenvalue weighted by Gasteiger charge is -2.30. The van der Waals surface area contributed by atoms with Crippen LogP contribution in [0.25, 0.3) is 11.1 Å². The second kappa shape index (κ2) is 15.3. The highest BCUT2D eigenvalue weighted by atomic mass is 28.4. The minimum absolute atomic E-state index is 0.831. The Morgan fingerprint density at radius 3 is 1.77 bits per heavy atom. The zero-order valence-corrected chi connectivity index (χ0v) is 21.2. The molecule has 0 aromatic heterocycles. The van der Waals surface area contributed by atoms with Gasteiger partial charge in [0.15, 0.2) is 0 Å². The van der Waals surface area contributed by atoms with Gasteiger partial charge in [0.2, 0.25) is 0 Å². The first-order chi connectivity index (χ1) is 15.2. The highest BCUT2D eigenvalue weighted by Gasteiger charge is 2.36. The fraction of sp³-hybridized carbons (Fsp3) is 0.571. The van der Waals surface area contributed by atoms with E-state index in [1.807, 2.05) is 0 Å². The largest absolute Gasteiger partial charge is 0.520 e. The van der Waals surface area contributed by atoms with E-state index in [1.54, 1.807) is 0 Å². The molecule has 2 nitrogen and oxygen atoms in total. The number of benzene rings is 2. The Labute approximate surface area is 192 Å². The third-order valence-corrected chi connectivity index (χ3v) is 9.69. The molecule has 0 fully saturated rings. The topological polar surface area (TPSA) is 18.5 Å². The molecule has 31 heavy (non-hydrogen) atoms. The van der Waals surface area contributed by atoms with Crippen molar-refractivity contribution in [3.63, 3.8) is 0 Å². The molecule has 0 atom stereocenters. The van der Waals surface area contributed by atoms with E-state index < -0.39 is 8.56 Å². The lowest BCUT2D eigenvalue weighted by Crippen LogP contribution is -2.44. The van der Waals surface area contributed by atoms with Crippen LogP contribution >= 0.6 is 0 Å². The van der Waals surface area contributed by atoms with Crippen molar-refractivity contribution >= 4 is 8.56 Å². The van der Waals surface area contributed by atoms with Crippen LogP contribution in [0.5, 0.6) is 5.75 Å². The minimum Gasteiger partial charge on any atom is -0.520 e. The molecule has 0 aliphatic heterocycles. The van der Waals surface area contributed by atoms with Crippen molar-refractivity contribution in [3.8, 4) is 16.9 Å². The lowest BCUT2D eigenvalue weighted by molar-refractivity contribution is 0.230. The molecule has 0 radical (unpaired) electrons. The molecule has 0 saturated carbocycles. The van der Waals surface area contributed by atoms with Crippen LogP contribution in [0.15, 0.2) is 54.6 Å². The first-order valence-electron chi connectivity index (χ1n) is 12.7. The van der Waals surface area contributed by atoms with Crippen LogP contribution in [-0.2, 0) is 4.43 Å². The maximum absolute atomic E-state index is 6.69.